The fourth-order valence-electron chi connectivity index (χ4n) is 2.57. The van der Waals surface area contributed by atoms with Crippen molar-refractivity contribution in [1.82, 2.24) is 14.5 Å². The van der Waals surface area contributed by atoms with Crippen LogP contribution in [-0.2, 0) is 13.2 Å². The van der Waals surface area contributed by atoms with Crippen LogP contribution in [0.5, 0.6) is 0 Å². The molecule has 9 heteroatoms. The predicted octanol–water partition coefficient (Wildman–Crippen LogP) is 2.64. The van der Waals surface area contributed by atoms with Gasteiger partial charge in [-0.1, -0.05) is 0 Å². The van der Waals surface area contributed by atoms with Gasteiger partial charge in [0.05, 0.1) is 22.3 Å². The van der Waals surface area contributed by atoms with Crippen LogP contribution < -0.4 is 11.5 Å². The lowest BCUT2D eigenvalue weighted by molar-refractivity contribution is -0.137. The van der Waals surface area contributed by atoms with Crippen LogP contribution in [-0.4, -0.2) is 20.4 Å². The van der Waals surface area contributed by atoms with Crippen molar-refractivity contribution in [2.24, 2.45) is 12.8 Å². The minimum absolute atomic E-state index is 0.00439. The number of benzene rings is 1. The normalized spacial score (nSPS) is 11.9. The topological polar surface area (TPSA) is 99.8 Å². The highest BCUT2D eigenvalue weighted by molar-refractivity contribution is 5.93. The second-order valence-corrected chi connectivity index (χ2v) is 5.65. The molecule has 3 aromatic rings. The highest BCUT2D eigenvalue weighted by atomic mass is 19.4. The van der Waals surface area contributed by atoms with Crippen molar-refractivity contribution in [2.75, 3.05) is 5.73 Å². The molecule has 0 bridgehead atoms. The zero-order valence-electron chi connectivity index (χ0n) is 13.3. The van der Waals surface area contributed by atoms with Gasteiger partial charge in [0.15, 0.2) is 5.82 Å². The first kappa shape index (κ1) is 16.7. The van der Waals surface area contributed by atoms with E-state index in [9.17, 15) is 18.0 Å². The van der Waals surface area contributed by atoms with Crippen LogP contribution in [0.15, 0.2) is 24.3 Å². The molecule has 0 aliphatic carbocycles. The monoisotopic (exact) mass is 349 g/mol. The van der Waals surface area contributed by atoms with E-state index < -0.39 is 17.6 Å². The average molecular weight is 349 g/mol. The number of anilines is 1. The molecule has 0 unspecified atom stereocenters. The van der Waals surface area contributed by atoms with Crippen molar-refractivity contribution in [2.45, 2.75) is 13.1 Å². The first-order chi connectivity index (χ1) is 11.6. The number of hydrogen-bond acceptors (Lipinski definition) is 4. The van der Waals surface area contributed by atoms with Crippen LogP contribution in [0.4, 0.5) is 18.9 Å². The van der Waals surface area contributed by atoms with E-state index >= 15 is 0 Å². The van der Waals surface area contributed by atoms with E-state index in [1.54, 1.807) is 18.5 Å². The molecular formula is C16H14F3N5O. The molecule has 0 fully saturated rings. The molecule has 0 spiro atoms. The molecule has 4 N–H and O–H groups in total. The molecule has 0 atom stereocenters. The molecular weight excluding hydrogens is 335 g/mol. The number of carbonyl (C=O) groups excluding carboxylic acids is 1. The van der Waals surface area contributed by atoms with Crippen LogP contribution in [0.2, 0.25) is 0 Å². The molecule has 2 aromatic heterocycles. The Bertz CT molecular complexity index is 1010. The van der Waals surface area contributed by atoms with Crippen molar-refractivity contribution in [3.8, 4) is 11.5 Å². The summed E-state index contributed by atoms with van der Waals surface area (Å²) in [5.41, 5.74) is 12.2. The first-order valence-corrected chi connectivity index (χ1v) is 7.20. The number of nitrogens with zero attached hydrogens (tertiary/aromatic N) is 3. The number of amides is 1. The number of primary amides is 1. The number of carbonyl (C=O) groups is 1. The molecule has 0 saturated heterocycles. The standard InChI is InChI=1S/C16H14F3N5O/c1-7-5-10(14(21)25)22-13(12(7)20)15-23-9-6-8(16(17,18)19)3-4-11(9)24(15)2/h3-6H,20H2,1-2H3,(H2,21,25). The molecule has 6 nitrogen and oxygen atoms in total. The number of aromatic nitrogens is 3. The lowest BCUT2D eigenvalue weighted by Crippen LogP contribution is -2.15. The lowest BCUT2D eigenvalue weighted by atomic mass is 10.1. The third-order valence-electron chi connectivity index (χ3n) is 3.94. The van der Waals surface area contributed by atoms with Crippen molar-refractivity contribution >= 4 is 22.6 Å². The van der Waals surface area contributed by atoms with Gasteiger partial charge in [-0.2, -0.15) is 13.2 Å². The van der Waals surface area contributed by atoms with Gasteiger partial charge in [0.25, 0.3) is 5.91 Å². The van der Waals surface area contributed by atoms with Gasteiger partial charge in [0.2, 0.25) is 0 Å². The molecule has 3 rings (SSSR count). The summed E-state index contributed by atoms with van der Waals surface area (Å²) in [7, 11) is 1.63. The fourth-order valence-corrected chi connectivity index (χ4v) is 2.57. The Hall–Kier alpha value is -3.10. The van der Waals surface area contributed by atoms with Gasteiger partial charge in [-0.15, -0.1) is 0 Å². The zero-order chi connectivity index (χ0) is 18.5. The number of fused-ring (bicyclic) bond motifs is 1. The summed E-state index contributed by atoms with van der Waals surface area (Å²) in [6.07, 6.45) is -4.47. The van der Waals surface area contributed by atoms with E-state index in [-0.39, 0.29) is 28.4 Å². The number of alkyl halides is 3. The fraction of sp³-hybridized carbons (Fsp3) is 0.188. The number of imidazole rings is 1. The summed E-state index contributed by atoms with van der Waals surface area (Å²) in [6.45, 7) is 1.68. The maximum absolute atomic E-state index is 12.9. The van der Waals surface area contributed by atoms with E-state index in [0.29, 0.717) is 11.1 Å². The Morgan fingerprint density at radius 1 is 1.20 bits per heavy atom. The van der Waals surface area contributed by atoms with Crippen molar-refractivity contribution < 1.29 is 18.0 Å². The number of hydrogen-bond donors (Lipinski definition) is 2. The van der Waals surface area contributed by atoms with Gasteiger partial charge in [-0.05, 0) is 36.8 Å². The quantitative estimate of drug-likeness (QED) is 0.743. The number of nitrogen functional groups attached to an aromatic ring is 1. The van der Waals surface area contributed by atoms with Crippen molar-refractivity contribution in [3.05, 3.63) is 41.1 Å². The summed E-state index contributed by atoms with van der Waals surface area (Å²) >= 11 is 0. The van der Waals surface area contributed by atoms with Crippen LogP contribution in [0.25, 0.3) is 22.6 Å². The van der Waals surface area contributed by atoms with Gasteiger partial charge in [-0.3, -0.25) is 4.79 Å². The van der Waals surface area contributed by atoms with Gasteiger partial charge >= 0.3 is 6.18 Å². The lowest BCUT2D eigenvalue weighted by Gasteiger charge is -2.09. The first-order valence-electron chi connectivity index (χ1n) is 7.20. The van der Waals surface area contributed by atoms with E-state index in [1.807, 2.05) is 0 Å². The summed E-state index contributed by atoms with van der Waals surface area (Å²) < 4.78 is 40.2. The van der Waals surface area contributed by atoms with Gasteiger partial charge in [-0.25, -0.2) is 9.97 Å². The minimum Gasteiger partial charge on any atom is -0.397 e. The van der Waals surface area contributed by atoms with Crippen molar-refractivity contribution in [1.29, 1.82) is 0 Å². The predicted molar refractivity (Wildman–Crippen MR) is 86.6 cm³/mol. The molecule has 0 aliphatic heterocycles. The Balaban J connectivity index is 2.26. The van der Waals surface area contributed by atoms with E-state index in [1.165, 1.54) is 12.1 Å². The zero-order valence-corrected chi connectivity index (χ0v) is 13.3. The largest absolute Gasteiger partial charge is 0.416 e. The Morgan fingerprint density at radius 3 is 2.48 bits per heavy atom. The maximum atomic E-state index is 12.9. The van der Waals surface area contributed by atoms with E-state index in [2.05, 4.69) is 9.97 Å². The third kappa shape index (κ3) is 2.77. The van der Waals surface area contributed by atoms with Gasteiger partial charge in [0, 0.05) is 7.05 Å². The minimum atomic E-state index is -4.47. The van der Waals surface area contributed by atoms with Crippen LogP contribution in [0.1, 0.15) is 21.6 Å². The van der Waals surface area contributed by atoms with E-state index in [4.69, 9.17) is 11.5 Å². The smallest absolute Gasteiger partial charge is 0.397 e. The Labute approximate surface area is 140 Å². The molecule has 25 heavy (non-hydrogen) atoms. The van der Waals surface area contributed by atoms with Gasteiger partial charge < -0.3 is 16.0 Å². The van der Waals surface area contributed by atoms with E-state index in [0.717, 1.165) is 12.1 Å². The van der Waals surface area contributed by atoms with Crippen LogP contribution in [0.3, 0.4) is 0 Å². The number of aryl methyl sites for hydroxylation is 2. The highest BCUT2D eigenvalue weighted by Gasteiger charge is 2.31. The van der Waals surface area contributed by atoms with Crippen molar-refractivity contribution in [3.63, 3.8) is 0 Å². The van der Waals surface area contributed by atoms with Crippen LogP contribution >= 0.6 is 0 Å². The maximum Gasteiger partial charge on any atom is 0.416 e. The highest BCUT2D eigenvalue weighted by Crippen LogP contribution is 2.33. The molecule has 2 heterocycles. The SMILES string of the molecule is Cc1cc(C(N)=O)nc(-c2nc3cc(C(F)(F)F)ccc3n2C)c1N. The molecule has 0 saturated carbocycles. The second-order valence-electron chi connectivity index (χ2n) is 5.65. The average Bonchev–Trinajstić information content (AvgIpc) is 2.85. The Morgan fingerprint density at radius 2 is 1.88 bits per heavy atom. The second kappa shape index (κ2) is 5.47. The molecule has 0 radical (unpaired) electrons. The Kier molecular flexibility index (Phi) is 3.66. The number of halogens is 3. The third-order valence-corrected chi connectivity index (χ3v) is 3.94. The molecule has 1 aromatic carbocycles. The summed E-state index contributed by atoms with van der Waals surface area (Å²) in [4.78, 5) is 19.8. The van der Waals surface area contributed by atoms with Crippen LogP contribution in [0, 0.1) is 6.92 Å². The number of rotatable bonds is 2. The number of pyridine rings is 1. The molecule has 1 amide bonds. The number of nitrogens with two attached hydrogens (primary N) is 2. The molecule has 0 aliphatic rings. The van der Waals surface area contributed by atoms with Gasteiger partial charge in [0.1, 0.15) is 11.4 Å². The molecule has 130 valence electrons. The summed E-state index contributed by atoms with van der Waals surface area (Å²) in [5.74, 6) is -0.486. The summed E-state index contributed by atoms with van der Waals surface area (Å²) in [5, 5.41) is 0. The summed E-state index contributed by atoms with van der Waals surface area (Å²) in [6, 6.07) is 4.72.